The van der Waals surface area contributed by atoms with E-state index in [-0.39, 0.29) is 24.7 Å². The van der Waals surface area contributed by atoms with Crippen molar-refractivity contribution in [2.24, 2.45) is 0 Å². The molecule has 1 atom stereocenters. The van der Waals surface area contributed by atoms with Crippen molar-refractivity contribution >= 4 is 12.1 Å². The number of rotatable bonds is 6. The van der Waals surface area contributed by atoms with Gasteiger partial charge in [-0.1, -0.05) is 0 Å². The largest absolute Gasteiger partial charge is 0.481 e. The molecule has 0 aliphatic rings. The van der Waals surface area contributed by atoms with Gasteiger partial charge in [-0.25, -0.2) is 4.79 Å². The Balaban J connectivity index is 4.44. The van der Waals surface area contributed by atoms with Crippen molar-refractivity contribution < 1.29 is 24.2 Å². The quantitative estimate of drug-likeness (QED) is 0.785. The molecule has 1 amide bonds. The van der Waals surface area contributed by atoms with Crippen molar-refractivity contribution in [2.45, 2.75) is 71.6 Å². The first-order valence-electron chi connectivity index (χ1n) is 6.74. The monoisotopic (exact) mass is 289 g/mol. The molecule has 118 valence electrons. The summed E-state index contributed by atoms with van der Waals surface area (Å²) in [6.07, 6.45) is -0.302. The summed E-state index contributed by atoms with van der Waals surface area (Å²) in [7, 11) is 0. The van der Waals surface area contributed by atoms with E-state index in [1.54, 1.807) is 20.8 Å². The second-order valence-electron chi connectivity index (χ2n) is 6.70. The van der Waals surface area contributed by atoms with E-state index in [9.17, 15) is 9.59 Å². The van der Waals surface area contributed by atoms with Gasteiger partial charge in [0.2, 0.25) is 0 Å². The molecular formula is C14H27NO5. The third-order valence-corrected chi connectivity index (χ3v) is 2.15. The number of carboxylic acid groups (broad SMARTS) is 1. The first kappa shape index (κ1) is 18.7. The van der Waals surface area contributed by atoms with Gasteiger partial charge in [0.1, 0.15) is 5.60 Å². The lowest BCUT2D eigenvalue weighted by Gasteiger charge is -2.26. The average Bonchev–Trinajstić information content (AvgIpc) is 2.17. The van der Waals surface area contributed by atoms with Gasteiger partial charge in [-0.15, -0.1) is 0 Å². The first-order valence-corrected chi connectivity index (χ1v) is 6.74. The van der Waals surface area contributed by atoms with Crippen LogP contribution in [0.2, 0.25) is 0 Å². The summed E-state index contributed by atoms with van der Waals surface area (Å²) in [4.78, 5) is 22.3. The zero-order valence-corrected chi connectivity index (χ0v) is 13.3. The molecule has 0 spiro atoms. The number of hydrogen-bond acceptors (Lipinski definition) is 4. The number of hydrogen-bond donors (Lipinski definition) is 2. The van der Waals surface area contributed by atoms with E-state index in [0.717, 1.165) is 0 Å². The summed E-state index contributed by atoms with van der Waals surface area (Å²) in [6, 6.07) is -0.389. The van der Waals surface area contributed by atoms with Gasteiger partial charge < -0.3 is 19.9 Å². The van der Waals surface area contributed by atoms with Gasteiger partial charge in [-0.2, -0.15) is 0 Å². The predicted molar refractivity (Wildman–Crippen MR) is 75.7 cm³/mol. The molecule has 0 unspecified atom stereocenters. The highest BCUT2D eigenvalue weighted by Crippen LogP contribution is 2.11. The summed E-state index contributed by atoms with van der Waals surface area (Å²) in [5.41, 5.74) is -0.941. The molecule has 0 heterocycles. The fraction of sp³-hybridized carbons (Fsp3) is 0.857. The molecule has 6 nitrogen and oxygen atoms in total. The number of carboxylic acids is 1. The van der Waals surface area contributed by atoms with E-state index >= 15 is 0 Å². The summed E-state index contributed by atoms with van der Waals surface area (Å²) >= 11 is 0. The molecule has 0 saturated heterocycles. The number of nitrogens with one attached hydrogen (secondary N) is 1. The molecule has 0 saturated carbocycles. The van der Waals surface area contributed by atoms with Crippen LogP contribution in [-0.2, 0) is 14.3 Å². The summed E-state index contributed by atoms with van der Waals surface area (Å²) in [5, 5.41) is 11.4. The van der Waals surface area contributed by atoms with Crippen molar-refractivity contribution in [3.63, 3.8) is 0 Å². The van der Waals surface area contributed by atoms with Gasteiger partial charge in [0, 0.05) is 6.42 Å². The molecule has 0 aliphatic heterocycles. The second-order valence-corrected chi connectivity index (χ2v) is 6.70. The minimum Gasteiger partial charge on any atom is -0.481 e. The van der Waals surface area contributed by atoms with Crippen LogP contribution in [0.4, 0.5) is 4.79 Å². The minimum absolute atomic E-state index is 0.0338. The smallest absolute Gasteiger partial charge is 0.407 e. The number of aliphatic carboxylic acids is 1. The van der Waals surface area contributed by atoms with Gasteiger partial charge in [0.25, 0.3) is 0 Å². The third-order valence-electron chi connectivity index (χ3n) is 2.15. The Kier molecular flexibility index (Phi) is 6.99. The van der Waals surface area contributed by atoms with Crippen LogP contribution in [0, 0.1) is 0 Å². The number of amides is 1. The molecule has 0 aromatic rings. The molecule has 0 aliphatic carbocycles. The highest BCUT2D eigenvalue weighted by molar-refractivity contribution is 5.69. The Hall–Kier alpha value is -1.30. The molecular weight excluding hydrogens is 262 g/mol. The Labute approximate surface area is 120 Å². The summed E-state index contributed by atoms with van der Waals surface area (Å²) in [6.45, 7) is 11.2. The Bertz CT molecular complexity index is 327. The molecule has 20 heavy (non-hydrogen) atoms. The maximum atomic E-state index is 11.7. The van der Waals surface area contributed by atoms with Crippen LogP contribution in [0.5, 0.6) is 0 Å². The Morgan fingerprint density at radius 2 is 1.65 bits per heavy atom. The topological polar surface area (TPSA) is 84.9 Å². The van der Waals surface area contributed by atoms with E-state index in [4.69, 9.17) is 14.6 Å². The predicted octanol–water partition coefficient (Wildman–Crippen LogP) is 2.56. The fourth-order valence-corrected chi connectivity index (χ4v) is 1.32. The maximum absolute atomic E-state index is 11.7. The average molecular weight is 289 g/mol. The minimum atomic E-state index is -0.906. The molecule has 0 rings (SSSR count). The van der Waals surface area contributed by atoms with Gasteiger partial charge in [-0.3, -0.25) is 4.79 Å². The van der Waals surface area contributed by atoms with Crippen molar-refractivity contribution in [1.29, 1.82) is 0 Å². The molecule has 0 aromatic carbocycles. The molecule has 0 fully saturated rings. The second kappa shape index (κ2) is 7.47. The molecule has 2 N–H and O–H groups in total. The van der Waals surface area contributed by atoms with Crippen LogP contribution in [-0.4, -0.2) is 41.0 Å². The van der Waals surface area contributed by atoms with E-state index < -0.39 is 17.7 Å². The normalized spacial score (nSPS) is 13.7. The van der Waals surface area contributed by atoms with E-state index in [0.29, 0.717) is 6.42 Å². The number of carbonyl (C=O) groups excluding carboxylic acids is 1. The number of alkyl carbamates (subject to hydrolysis) is 1. The lowest BCUT2D eigenvalue weighted by Crippen LogP contribution is -2.43. The van der Waals surface area contributed by atoms with E-state index in [2.05, 4.69) is 5.32 Å². The lowest BCUT2D eigenvalue weighted by molar-refractivity contribution is -0.137. The van der Waals surface area contributed by atoms with Crippen LogP contribution in [0.25, 0.3) is 0 Å². The van der Waals surface area contributed by atoms with Gasteiger partial charge in [0.05, 0.1) is 18.2 Å². The SMILES string of the molecule is CC(C)(C)OC[C@H](CCC(=O)O)NC(=O)OC(C)(C)C. The standard InChI is InChI=1S/C14H27NO5/c1-13(2,3)19-9-10(7-8-11(16)17)15-12(18)20-14(4,5)6/h10H,7-9H2,1-6H3,(H,15,18)(H,16,17)/t10-/m0/s1. The number of carbonyl (C=O) groups is 2. The van der Waals surface area contributed by atoms with Crippen LogP contribution < -0.4 is 5.32 Å². The zero-order valence-electron chi connectivity index (χ0n) is 13.3. The van der Waals surface area contributed by atoms with Crippen LogP contribution in [0.1, 0.15) is 54.4 Å². The maximum Gasteiger partial charge on any atom is 0.407 e. The van der Waals surface area contributed by atoms with Crippen LogP contribution in [0.3, 0.4) is 0 Å². The van der Waals surface area contributed by atoms with Crippen LogP contribution in [0.15, 0.2) is 0 Å². The van der Waals surface area contributed by atoms with Crippen molar-refractivity contribution in [2.75, 3.05) is 6.61 Å². The number of ether oxygens (including phenoxy) is 2. The Morgan fingerprint density at radius 1 is 1.10 bits per heavy atom. The molecule has 0 aromatic heterocycles. The first-order chi connectivity index (χ1) is 8.89. The molecule has 0 radical (unpaired) electrons. The van der Waals surface area contributed by atoms with E-state index in [1.165, 1.54) is 0 Å². The summed E-state index contributed by atoms with van der Waals surface area (Å²) in [5.74, 6) is -0.906. The third kappa shape index (κ3) is 11.8. The molecule has 0 bridgehead atoms. The highest BCUT2D eigenvalue weighted by atomic mass is 16.6. The van der Waals surface area contributed by atoms with Gasteiger partial charge >= 0.3 is 12.1 Å². The van der Waals surface area contributed by atoms with E-state index in [1.807, 2.05) is 20.8 Å². The van der Waals surface area contributed by atoms with Crippen molar-refractivity contribution in [3.8, 4) is 0 Å². The van der Waals surface area contributed by atoms with Gasteiger partial charge in [0.15, 0.2) is 0 Å². The molecule has 6 heteroatoms. The Morgan fingerprint density at radius 3 is 2.05 bits per heavy atom. The van der Waals surface area contributed by atoms with Crippen molar-refractivity contribution in [1.82, 2.24) is 5.32 Å². The zero-order chi connectivity index (χ0) is 16.0. The van der Waals surface area contributed by atoms with Crippen molar-refractivity contribution in [3.05, 3.63) is 0 Å². The van der Waals surface area contributed by atoms with Crippen LogP contribution >= 0.6 is 0 Å². The fourth-order valence-electron chi connectivity index (χ4n) is 1.32. The highest BCUT2D eigenvalue weighted by Gasteiger charge is 2.22. The lowest BCUT2D eigenvalue weighted by atomic mass is 10.1. The summed E-state index contributed by atoms with van der Waals surface area (Å²) < 4.78 is 10.7. The van der Waals surface area contributed by atoms with Gasteiger partial charge in [-0.05, 0) is 48.0 Å².